The number of aromatic amines is 1. The van der Waals surface area contributed by atoms with Gasteiger partial charge in [0.25, 0.3) is 0 Å². The Hall–Kier alpha value is -2.29. The first-order valence-corrected chi connectivity index (χ1v) is 5.27. The van der Waals surface area contributed by atoms with Gasteiger partial charge < -0.3 is 4.74 Å². The molecule has 0 aromatic carbocycles. The third kappa shape index (κ3) is 2.35. The van der Waals surface area contributed by atoms with Crippen molar-refractivity contribution in [3.63, 3.8) is 0 Å². The Morgan fingerprint density at radius 2 is 1.89 bits per heavy atom. The number of pyridine rings is 1. The maximum atomic E-state index is 10.9. The second kappa shape index (κ2) is 4.92. The Bertz CT molecular complexity index is 486. The van der Waals surface area contributed by atoms with Crippen LogP contribution in [0.2, 0.25) is 0 Å². The molecule has 2 heterocycles. The van der Waals surface area contributed by atoms with E-state index < -0.39 is 9.85 Å². The molecule has 0 radical (unpaired) electrons. The summed E-state index contributed by atoms with van der Waals surface area (Å²) in [7, 11) is 0. The molecular formula is C9H11N4O5+. The molecule has 1 N–H and O–H groups in total. The summed E-state index contributed by atoms with van der Waals surface area (Å²) in [5.41, 5.74) is -0.634. The highest BCUT2D eigenvalue weighted by Crippen LogP contribution is 2.26. The van der Waals surface area contributed by atoms with Crippen molar-refractivity contribution in [2.45, 2.75) is 0 Å². The van der Waals surface area contributed by atoms with Crippen LogP contribution in [0.25, 0.3) is 0 Å². The van der Waals surface area contributed by atoms with E-state index in [9.17, 15) is 20.2 Å². The van der Waals surface area contributed by atoms with Gasteiger partial charge in [0.2, 0.25) is 0 Å². The van der Waals surface area contributed by atoms with Crippen molar-refractivity contribution in [2.75, 3.05) is 31.2 Å². The van der Waals surface area contributed by atoms with Crippen LogP contribution in [0, 0.1) is 20.2 Å². The Morgan fingerprint density at radius 1 is 1.22 bits per heavy atom. The van der Waals surface area contributed by atoms with Gasteiger partial charge in [0.15, 0.2) is 6.20 Å². The quantitative estimate of drug-likeness (QED) is 0.561. The molecule has 96 valence electrons. The van der Waals surface area contributed by atoms with Crippen molar-refractivity contribution in [3.05, 3.63) is 32.5 Å². The number of rotatable bonds is 3. The minimum atomic E-state index is -0.674. The number of H-pyrrole nitrogens is 1. The lowest BCUT2D eigenvalue weighted by Crippen LogP contribution is -2.39. The molecule has 1 saturated heterocycles. The van der Waals surface area contributed by atoms with E-state index in [-0.39, 0.29) is 17.2 Å². The van der Waals surface area contributed by atoms with Crippen LogP contribution in [0.1, 0.15) is 0 Å². The van der Waals surface area contributed by atoms with E-state index in [0.717, 1.165) is 12.3 Å². The molecule has 18 heavy (non-hydrogen) atoms. The highest BCUT2D eigenvalue weighted by Gasteiger charge is 2.32. The topological polar surface area (TPSA) is 113 Å². The molecule has 0 aliphatic carbocycles. The summed E-state index contributed by atoms with van der Waals surface area (Å²) in [5, 5.41) is 21.5. The highest BCUT2D eigenvalue weighted by atomic mass is 16.6. The van der Waals surface area contributed by atoms with Crippen molar-refractivity contribution in [1.82, 2.24) is 0 Å². The number of nitro groups is 2. The molecule has 2 rings (SSSR count). The van der Waals surface area contributed by atoms with Crippen molar-refractivity contribution in [1.29, 1.82) is 0 Å². The lowest BCUT2D eigenvalue weighted by atomic mass is 10.3. The van der Waals surface area contributed by atoms with Crippen LogP contribution < -0.4 is 9.88 Å². The normalized spacial score (nSPS) is 15.4. The SMILES string of the molecule is O=[N+]([O-])c1c[nH+]c(N2CCOCC2)c([N+](=O)[O-])c1. The van der Waals surface area contributed by atoms with Crippen LogP contribution in [-0.2, 0) is 4.74 Å². The first-order valence-electron chi connectivity index (χ1n) is 5.27. The van der Waals surface area contributed by atoms with Gasteiger partial charge in [-0.3, -0.25) is 25.1 Å². The second-order valence-corrected chi connectivity index (χ2v) is 3.71. The molecule has 1 aromatic heterocycles. The van der Waals surface area contributed by atoms with Crippen molar-refractivity contribution < 1.29 is 19.6 Å². The predicted octanol–water partition coefficient (Wildman–Crippen LogP) is 0.154. The lowest BCUT2D eigenvalue weighted by Gasteiger charge is -2.20. The zero-order valence-electron chi connectivity index (χ0n) is 9.37. The number of ether oxygens (including phenoxy) is 1. The monoisotopic (exact) mass is 255 g/mol. The molecule has 0 unspecified atom stereocenters. The van der Waals surface area contributed by atoms with Gasteiger partial charge in [-0.1, -0.05) is 0 Å². The summed E-state index contributed by atoms with van der Waals surface area (Å²) in [5.74, 6) is 0.272. The summed E-state index contributed by atoms with van der Waals surface area (Å²) in [6, 6.07) is 0.960. The maximum absolute atomic E-state index is 10.9. The standard InChI is InChI=1S/C9H10N4O5/c14-12(15)7-5-8(13(16)17)9(10-6-7)11-1-3-18-4-2-11/h5-6H,1-4H2/p+1. The van der Waals surface area contributed by atoms with E-state index >= 15 is 0 Å². The molecular weight excluding hydrogens is 244 g/mol. The summed E-state index contributed by atoms with van der Waals surface area (Å²) in [4.78, 5) is 24.6. The van der Waals surface area contributed by atoms with Gasteiger partial charge in [0, 0.05) is 0 Å². The summed E-state index contributed by atoms with van der Waals surface area (Å²) < 4.78 is 5.15. The van der Waals surface area contributed by atoms with Gasteiger partial charge in [-0.15, -0.1) is 0 Å². The van der Waals surface area contributed by atoms with Gasteiger partial charge in [0.1, 0.15) is 19.2 Å². The van der Waals surface area contributed by atoms with Crippen LogP contribution in [0.15, 0.2) is 12.3 Å². The first kappa shape index (κ1) is 12.2. The number of nitrogens with zero attached hydrogens (tertiary/aromatic N) is 3. The second-order valence-electron chi connectivity index (χ2n) is 3.71. The zero-order valence-corrected chi connectivity index (χ0v) is 9.37. The average molecular weight is 255 g/mol. The van der Waals surface area contributed by atoms with Gasteiger partial charge in [0.05, 0.1) is 23.1 Å². The molecule has 9 nitrogen and oxygen atoms in total. The Labute approximate surface area is 101 Å². The smallest absolute Gasteiger partial charge is 0.364 e. The average Bonchev–Trinajstić information content (AvgIpc) is 2.39. The first-order chi connectivity index (χ1) is 8.59. The van der Waals surface area contributed by atoms with Crippen LogP contribution in [0.5, 0.6) is 0 Å². The summed E-state index contributed by atoms with van der Waals surface area (Å²) in [6.07, 6.45) is 1.15. The summed E-state index contributed by atoms with van der Waals surface area (Å²) in [6.45, 7) is 1.97. The van der Waals surface area contributed by atoms with E-state index in [0.29, 0.717) is 26.3 Å². The van der Waals surface area contributed by atoms with E-state index in [1.165, 1.54) is 0 Å². The number of morpholine rings is 1. The molecule has 0 atom stereocenters. The van der Waals surface area contributed by atoms with E-state index in [1.54, 1.807) is 4.90 Å². The fourth-order valence-corrected chi connectivity index (χ4v) is 1.75. The third-order valence-electron chi connectivity index (χ3n) is 2.62. The number of aromatic nitrogens is 1. The lowest BCUT2D eigenvalue weighted by molar-refractivity contribution is -0.432. The van der Waals surface area contributed by atoms with Crippen LogP contribution in [-0.4, -0.2) is 36.1 Å². The molecule has 0 amide bonds. The number of hydrogen-bond donors (Lipinski definition) is 0. The molecule has 0 spiro atoms. The van der Waals surface area contributed by atoms with Crippen molar-refractivity contribution >= 4 is 17.2 Å². The van der Waals surface area contributed by atoms with Crippen LogP contribution >= 0.6 is 0 Å². The third-order valence-corrected chi connectivity index (χ3v) is 2.62. The predicted molar refractivity (Wildman–Crippen MR) is 59.3 cm³/mol. The fraction of sp³-hybridized carbons (Fsp3) is 0.444. The number of nitrogens with one attached hydrogen (secondary N) is 1. The molecule has 1 aliphatic rings. The van der Waals surface area contributed by atoms with Crippen molar-refractivity contribution in [3.8, 4) is 0 Å². The molecule has 0 saturated carbocycles. The maximum Gasteiger partial charge on any atom is 0.364 e. The van der Waals surface area contributed by atoms with E-state index in [2.05, 4.69) is 4.98 Å². The Kier molecular flexibility index (Phi) is 3.33. The van der Waals surface area contributed by atoms with Gasteiger partial charge in [-0.05, 0) is 0 Å². The molecule has 1 aliphatic heterocycles. The number of hydrogen-bond acceptors (Lipinski definition) is 6. The van der Waals surface area contributed by atoms with Crippen LogP contribution in [0.3, 0.4) is 0 Å². The van der Waals surface area contributed by atoms with Gasteiger partial charge in [-0.25, -0.2) is 4.98 Å². The molecule has 1 aromatic rings. The fourth-order valence-electron chi connectivity index (χ4n) is 1.75. The van der Waals surface area contributed by atoms with Gasteiger partial charge in [-0.2, -0.15) is 0 Å². The zero-order chi connectivity index (χ0) is 13.1. The summed E-state index contributed by atoms with van der Waals surface area (Å²) >= 11 is 0. The van der Waals surface area contributed by atoms with E-state index in [4.69, 9.17) is 4.74 Å². The Morgan fingerprint density at radius 3 is 2.44 bits per heavy atom. The van der Waals surface area contributed by atoms with Gasteiger partial charge >= 0.3 is 17.2 Å². The Balaban J connectivity index is 2.39. The van der Waals surface area contributed by atoms with Crippen molar-refractivity contribution in [2.24, 2.45) is 0 Å². The minimum Gasteiger partial charge on any atom is -0.373 e. The molecule has 9 heteroatoms. The van der Waals surface area contributed by atoms with E-state index in [1.807, 2.05) is 0 Å². The number of anilines is 1. The van der Waals surface area contributed by atoms with Crippen LogP contribution in [0.4, 0.5) is 17.2 Å². The molecule has 1 fully saturated rings. The largest absolute Gasteiger partial charge is 0.373 e. The highest BCUT2D eigenvalue weighted by molar-refractivity contribution is 5.57. The molecule has 0 bridgehead atoms. The minimum absolute atomic E-state index is 0.272.